The quantitative estimate of drug-likeness (QED) is 0.479. The number of aromatic nitrogens is 1. The Balaban J connectivity index is 2.00. The summed E-state index contributed by atoms with van der Waals surface area (Å²) < 4.78 is 2.73. The second-order valence-electron chi connectivity index (χ2n) is 7.04. The number of azo groups is 1. The van der Waals surface area contributed by atoms with Gasteiger partial charge in [0, 0.05) is 22.0 Å². The first-order valence-electron chi connectivity index (χ1n) is 8.90. The highest BCUT2D eigenvalue weighted by molar-refractivity contribution is 9.10. The molecule has 3 rings (SSSR count). The van der Waals surface area contributed by atoms with Crippen LogP contribution in [0.15, 0.2) is 57.2 Å². The highest BCUT2D eigenvalue weighted by atomic mass is 79.9. The van der Waals surface area contributed by atoms with Crippen LogP contribution in [0.1, 0.15) is 36.2 Å². The fourth-order valence-electron chi connectivity index (χ4n) is 2.90. The molecule has 0 aliphatic heterocycles. The summed E-state index contributed by atoms with van der Waals surface area (Å²) in [7, 11) is 0. The van der Waals surface area contributed by atoms with E-state index in [2.05, 4.69) is 40.0 Å². The summed E-state index contributed by atoms with van der Waals surface area (Å²) in [4.78, 5) is 12.3. The van der Waals surface area contributed by atoms with Crippen molar-refractivity contribution in [1.82, 2.24) is 4.57 Å². The first kappa shape index (κ1) is 19.3. The summed E-state index contributed by atoms with van der Waals surface area (Å²) in [5.41, 5.74) is 2.73. The fourth-order valence-corrected chi connectivity index (χ4v) is 3.16. The first-order chi connectivity index (χ1) is 12.9. The Hall–Kier alpha value is -2.47. The van der Waals surface area contributed by atoms with Crippen LogP contribution >= 0.6 is 15.9 Å². The molecule has 0 radical (unpaired) electrons. The molecule has 0 aliphatic rings. The van der Waals surface area contributed by atoms with Gasteiger partial charge in [0.2, 0.25) is 5.88 Å². The number of amides is 1. The molecule has 0 spiro atoms. The van der Waals surface area contributed by atoms with Crippen LogP contribution in [0.5, 0.6) is 5.88 Å². The molecule has 0 fully saturated rings. The first-order valence-corrected chi connectivity index (χ1v) is 9.69. The van der Waals surface area contributed by atoms with Crippen molar-refractivity contribution >= 4 is 38.4 Å². The molecule has 1 heterocycles. The molecule has 6 heteroatoms. The molecule has 1 N–H and O–H groups in total. The number of hydrogen-bond donors (Lipinski definition) is 1. The van der Waals surface area contributed by atoms with Crippen molar-refractivity contribution in [2.45, 2.75) is 33.7 Å². The second-order valence-corrected chi connectivity index (χ2v) is 7.95. The summed E-state index contributed by atoms with van der Waals surface area (Å²) in [6.07, 6.45) is 0.930. The third-order valence-electron chi connectivity index (χ3n) is 4.43. The van der Waals surface area contributed by atoms with E-state index in [0.717, 1.165) is 27.4 Å². The topological polar surface area (TPSA) is 66.9 Å². The zero-order valence-corrected chi connectivity index (χ0v) is 17.2. The van der Waals surface area contributed by atoms with Crippen LogP contribution in [0.4, 0.5) is 5.69 Å². The molecule has 2 aromatic carbocycles. The van der Waals surface area contributed by atoms with E-state index in [-0.39, 0.29) is 5.88 Å². The molecule has 0 bridgehead atoms. The van der Waals surface area contributed by atoms with Crippen molar-refractivity contribution in [3.63, 3.8) is 0 Å². The van der Waals surface area contributed by atoms with E-state index in [9.17, 15) is 9.90 Å². The van der Waals surface area contributed by atoms with E-state index in [1.807, 2.05) is 29.7 Å². The van der Waals surface area contributed by atoms with E-state index in [4.69, 9.17) is 0 Å². The number of carbonyl (C=O) groups is 1. The van der Waals surface area contributed by atoms with Gasteiger partial charge in [0.1, 0.15) is 0 Å². The number of hydrogen-bond acceptors (Lipinski definition) is 3. The lowest BCUT2D eigenvalue weighted by molar-refractivity contribution is 0.0995. The zero-order valence-electron chi connectivity index (χ0n) is 15.6. The minimum atomic E-state index is -0.447. The maximum absolute atomic E-state index is 12.3. The summed E-state index contributed by atoms with van der Waals surface area (Å²) in [5.74, 6) is 0.109. The van der Waals surface area contributed by atoms with Crippen LogP contribution in [-0.4, -0.2) is 15.6 Å². The van der Waals surface area contributed by atoms with E-state index in [1.165, 1.54) is 0 Å². The predicted octanol–water partition coefficient (Wildman–Crippen LogP) is 6.39. The minimum Gasteiger partial charge on any atom is -0.493 e. The highest BCUT2D eigenvalue weighted by Crippen LogP contribution is 2.39. The van der Waals surface area contributed by atoms with Crippen LogP contribution < -0.4 is 0 Å². The van der Waals surface area contributed by atoms with Gasteiger partial charge in [-0.2, -0.15) is 0 Å². The fraction of sp³-hybridized carbons (Fsp3) is 0.286. The average Bonchev–Trinajstić information content (AvgIpc) is 2.88. The Bertz CT molecular complexity index is 1000. The number of aromatic hydroxyl groups is 1. The molecule has 0 unspecified atom stereocenters. The maximum atomic E-state index is 12.3. The van der Waals surface area contributed by atoms with Crippen molar-refractivity contribution in [2.75, 3.05) is 0 Å². The summed E-state index contributed by atoms with van der Waals surface area (Å²) in [6, 6.07) is 12.9. The van der Waals surface area contributed by atoms with E-state index >= 15 is 0 Å². The van der Waals surface area contributed by atoms with Crippen molar-refractivity contribution in [3.8, 4) is 5.88 Å². The van der Waals surface area contributed by atoms with Crippen LogP contribution in [0, 0.1) is 12.8 Å². The number of halogens is 1. The second kappa shape index (κ2) is 8.05. The molecule has 5 nitrogen and oxygen atoms in total. The predicted molar refractivity (Wildman–Crippen MR) is 111 cm³/mol. The van der Waals surface area contributed by atoms with Gasteiger partial charge in [0.05, 0.1) is 5.52 Å². The van der Waals surface area contributed by atoms with E-state index < -0.39 is 5.91 Å². The number of aryl methyl sites for hydroxylation is 2. The van der Waals surface area contributed by atoms with Crippen molar-refractivity contribution in [1.29, 1.82) is 0 Å². The van der Waals surface area contributed by atoms with E-state index in [0.29, 0.717) is 23.7 Å². The highest BCUT2D eigenvalue weighted by Gasteiger charge is 2.17. The lowest BCUT2D eigenvalue weighted by Gasteiger charge is -2.09. The molecule has 1 amide bonds. The Morgan fingerprint density at radius 3 is 2.56 bits per heavy atom. The van der Waals surface area contributed by atoms with Gasteiger partial charge in [-0.1, -0.05) is 41.4 Å². The number of nitrogens with zero attached hydrogens (tertiary/aromatic N) is 3. The number of benzene rings is 2. The van der Waals surface area contributed by atoms with Gasteiger partial charge in [-0.25, -0.2) is 0 Å². The van der Waals surface area contributed by atoms with Crippen molar-refractivity contribution in [3.05, 3.63) is 58.1 Å². The molecule has 1 aromatic heterocycles. The lowest BCUT2D eigenvalue weighted by atomic mass is 10.1. The molecular weight excluding hydrogens is 406 g/mol. The number of rotatable bonds is 5. The molecular formula is C21H22BrN3O2. The van der Waals surface area contributed by atoms with Crippen LogP contribution in [0.25, 0.3) is 10.9 Å². The molecule has 3 aromatic rings. The summed E-state index contributed by atoms with van der Waals surface area (Å²) >= 11 is 3.34. The molecule has 0 atom stereocenters. The van der Waals surface area contributed by atoms with Gasteiger partial charge in [-0.3, -0.25) is 4.79 Å². The van der Waals surface area contributed by atoms with Crippen LogP contribution in [-0.2, 0) is 6.54 Å². The van der Waals surface area contributed by atoms with Gasteiger partial charge in [-0.15, -0.1) is 10.2 Å². The number of carbonyl (C=O) groups excluding carboxylic acids is 1. The standard InChI is InChI=1S/C21H22BrN3O2/c1-13(2)10-11-25-18-9-4-14(3)12-17(18)19(21(25)27)23-24-20(26)15-5-7-16(22)8-6-15/h4-9,12-13,27H,10-11H2,1-3H3. The monoisotopic (exact) mass is 427 g/mol. The normalized spacial score (nSPS) is 11.7. The molecule has 140 valence electrons. The van der Waals surface area contributed by atoms with Crippen LogP contribution in [0.3, 0.4) is 0 Å². The zero-order chi connectivity index (χ0) is 19.6. The summed E-state index contributed by atoms with van der Waals surface area (Å²) in [5, 5.41) is 19.5. The Kier molecular flexibility index (Phi) is 5.75. The average molecular weight is 428 g/mol. The van der Waals surface area contributed by atoms with Gasteiger partial charge < -0.3 is 9.67 Å². The Morgan fingerprint density at radius 2 is 1.89 bits per heavy atom. The summed E-state index contributed by atoms with van der Waals surface area (Å²) in [6.45, 7) is 6.95. The number of fused-ring (bicyclic) bond motifs is 1. The van der Waals surface area contributed by atoms with Gasteiger partial charge in [0.15, 0.2) is 5.69 Å². The SMILES string of the molecule is Cc1ccc2c(c1)c(N=NC(=O)c1ccc(Br)cc1)c(O)n2CCC(C)C. The molecule has 27 heavy (non-hydrogen) atoms. The van der Waals surface area contributed by atoms with Crippen molar-refractivity contribution in [2.24, 2.45) is 16.1 Å². The van der Waals surface area contributed by atoms with Gasteiger partial charge in [0.25, 0.3) is 5.91 Å². The largest absolute Gasteiger partial charge is 0.493 e. The van der Waals surface area contributed by atoms with E-state index in [1.54, 1.807) is 24.3 Å². The third-order valence-corrected chi connectivity index (χ3v) is 4.96. The lowest BCUT2D eigenvalue weighted by Crippen LogP contribution is -2.00. The Morgan fingerprint density at radius 1 is 1.19 bits per heavy atom. The maximum Gasteiger partial charge on any atom is 0.295 e. The minimum absolute atomic E-state index is 0.0450. The van der Waals surface area contributed by atoms with Gasteiger partial charge >= 0.3 is 0 Å². The molecule has 0 aliphatic carbocycles. The van der Waals surface area contributed by atoms with Crippen molar-refractivity contribution < 1.29 is 9.90 Å². The van der Waals surface area contributed by atoms with Gasteiger partial charge in [-0.05, 0) is 55.7 Å². The molecule has 0 saturated heterocycles. The Labute approximate surface area is 166 Å². The molecule has 0 saturated carbocycles. The van der Waals surface area contributed by atoms with Crippen LogP contribution in [0.2, 0.25) is 0 Å². The smallest absolute Gasteiger partial charge is 0.295 e. The third kappa shape index (κ3) is 4.27.